The van der Waals surface area contributed by atoms with E-state index in [1.807, 2.05) is 12.1 Å². The van der Waals surface area contributed by atoms with Crippen LogP contribution in [-0.4, -0.2) is 23.2 Å². The molecule has 0 aliphatic carbocycles. The van der Waals surface area contributed by atoms with E-state index in [0.717, 1.165) is 42.0 Å². The monoisotopic (exact) mass is 412 g/mol. The van der Waals surface area contributed by atoms with Crippen molar-refractivity contribution in [2.24, 2.45) is 0 Å². The van der Waals surface area contributed by atoms with Crippen LogP contribution in [0.1, 0.15) is 40.0 Å². The van der Waals surface area contributed by atoms with E-state index in [9.17, 15) is 4.39 Å². The molecule has 154 valence electrons. The van der Waals surface area contributed by atoms with Gasteiger partial charge >= 0.3 is 0 Å². The van der Waals surface area contributed by atoms with Crippen LogP contribution in [0.25, 0.3) is 10.9 Å². The molecule has 0 saturated heterocycles. The van der Waals surface area contributed by atoms with Crippen LogP contribution in [0.4, 0.5) is 4.39 Å². The van der Waals surface area contributed by atoms with Gasteiger partial charge in [-0.3, -0.25) is 4.90 Å². The van der Waals surface area contributed by atoms with Gasteiger partial charge < -0.3 is 14.5 Å². The number of fused-ring (bicyclic) bond motifs is 7. The van der Waals surface area contributed by atoms with Gasteiger partial charge in [-0.2, -0.15) is 0 Å². The fourth-order valence-corrected chi connectivity index (χ4v) is 5.68. The van der Waals surface area contributed by atoms with Crippen LogP contribution < -0.4 is 9.47 Å². The molecule has 0 radical (unpaired) electrons. The topological polar surface area (TPSA) is 37.5 Å². The quantitative estimate of drug-likeness (QED) is 0.462. The van der Waals surface area contributed by atoms with Crippen LogP contribution in [-0.2, 0) is 12.8 Å². The molecule has 31 heavy (non-hydrogen) atoms. The number of nitrogens with zero attached hydrogens (tertiary/aromatic N) is 1. The zero-order chi connectivity index (χ0) is 20.5. The predicted octanol–water partition coefficient (Wildman–Crippen LogP) is 5.28. The van der Waals surface area contributed by atoms with Gasteiger partial charge in [0.15, 0.2) is 11.5 Å². The van der Waals surface area contributed by atoms with E-state index in [4.69, 9.17) is 9.47 Å². The van der Waals surface area contributed by atoms with E-state index in [1.54, 1.807) is 12.1 Å². The van der Waals surface area contributed by atoms with Crippen LogP contribution in [0.15, 0.2) is 60.7 Å². The average molecular weight is 412 g/mol. The van der Waals surface area contributed by atoms with Gasteiger partial charge in [-0.05, 0) is 65.4 Å². The first kappa shape index (κ1) is 17.4. The van der Waals surface area contributed by atoms with Gasteiger partial charge in [0, 0.05) is 29.2 Å². The lowest BCUT2D eigenvalue weighted by molar-refractivity contribution is 0.127. The van der Waals surface area contributed by atoms with Gasteiger partial charge in [-0.25, -0.2) is 4.39 Å². The van der Waals surface area contributed by atoms with E-state index in [1.165, 1.54) is 27.8 Å². The highest BCUT2D eigenvalue weighted by Gasteiger charge is 2.41. The number of benzene rings is 3. The number of halogens is 1. The van der Waals surface area contributed by atoms with Crippen molar-refractivity contribution in [3.05, 3.63) is 94.4 Å². The summed E-state index contributed by atoms with van der Waals surface area (Å²) in [4.78, 5) is 6.26. The Labute approximate surface area is 179 Å². The summed E-state index contributed by atoms with van der Waals surface area (Å²) in [6.07, 6.45) is 1.89. The lowest BCUT2D eigenvalue weighted by Gasteiger charge is -2.46. The molecule has 1 aromatic heterocycles. The number of rotatable bonds is 1. The lowest BCUT2D eigenvalue weighted by Crippen LogP contribution is -2.43. The molecule has 1 N–H and O–H groups in total. The van der Waals surface area contributed by atoms with Crippen LogP contribution in [0.3, 0.4) is 0 Å². The van der Waals surface area contributed by atoms with Crippen molar-refractivity contribution in [1.29, 1.82) is 0 Å². The molecule has 7 rings (SSSR count). The molecule has 3 aliphatic rings. The number of nitrogens with one attached hydrogen (secondary N) is 1. The molecule has 0 bridgehead atoms. The summed E-state index contributed by atoms with van der Waals surface area (Å²) < 4.78 is 25.1. The molecule has 4 nitrogen and oxygen atoms in total. The Bertz CT molecular complexity index is 1330. The maximum absolute atomic E-state index is 13.7. The molecule has 4 heterocycles. The Morgan fingerprint density at radius 2 is 1.77 bits per heavy atom. The van der Waals surface area contributed by atoms with Crippen molar-refractivity contribution in [2.75, 3.05) is 13.3 Å². The van der Waals surface area contributed by atoms with Crippen LogP contribution >= 0.6 is 0 Å². The Morgan fingerprint density at radius 3 is 2.65 bits per heavy atom. The zero-order valence-corrected chi connectivity index (χ0v) is 16.9. The first-order valence-electron chi connectivity index (χ1n) is 10.8. The molecule has 0 saturated carbocycles. The van der Waals surface area contributed by atoms with Crippen molar-refractivity contribution in [1.82, 2.24) is 9.88 Å². The SMILES string of the molecule is Fc1ccc(C2c3[nH]c4ccccc4c3CC3c4cc5c(cc4CCN32)OCO5)cc1. The van der Waals surface area contributed by atoms with Crippen molar-refractivity contribution in [3.8, 4) is 11.5 Å². The Kier molecular flexibility index (Phi) is 3.56. The highest BCUT2D eigenvalue weighted by molar-refractivity contribution is 5.85. The van der Waals surface area contributed by atoms with E-state index in [0.29, 0.717) is 0 Å². The fourth-order valence-electron chi connectivity index (χ4n) is 5.68. The average Bonchev–Trinajstić information content (AvgIpc) is 3.40. The molecule has 0 spiro atoms. The predicted molar refractivity (Wildman–Crippen MR) is 116 cm³/mol. The van der Waals surface area contributed by atoms with Gasteiger partial charge in [0.1, 0.15) is 5.82 Å². The normalized spacial score (nSPS) is 21.6. The largest absolute Gasteiger partial charge is 0.454 e. The third-order valence-corrected chi connectivity index (χ3v) is 7.07. The van der Waals surface area contributed by atoms with Crippen LogP contribution in [0.2, 0.25) is 0 Å². The zero-order valence-electron chi connectivity index (χ0n) is 16.9. The maximum atomic E-state index is 13.7. The third-order valence-electron chi connectivity index (χ3n) is 7.07. The summed E-state index contributed by atoms with van der Waals surface area (Å²) in [5.74, 6) is 1.49. The van der Waals surface area contributed by atoms with Crippen molar-refractivity contribution in [3.63, 3.8) is 0 Å². The minimum Gasteiger partial charge on any atom is -0.454 e. The Hall–Kier alpha value is -3.31. The molecular weight excluding hydrogens is 391 g/mol. The second-order valence-corrected chi connectivity index (χ2v) is 8.63. The van der Waals surface area contributed by atoms with Gasteiger partial charge in [0.05, 0.1) is 6.04 Å². The number of para-hydroxylation sites is 1. The second kappa shape index (κ2) is 6.34. The van der Waals surface area contributed by atoms with Crippen molar-refractivity contribution < 1.29 is 13.9 Å². The second-order valence-electron chi connectivity index (χ2n) is 8.63. The first-order valence-corrected chi connectivity index (χ1v) is 10.8. The summed E-state index contributed by atoms with van der Waals surface area (Å²) in [5.41, 5.74) is 7.52. The maximum Gasteiger partial charge on any atom is 0.231 e. The van der Waals surface area contributed by atoms with Crippen LogP contribution in [0, 0.1) is 5.82 Å². The smallest absolute Gasteiger partial charge is 0.231 e. The summed E-state index contributed by atoms with van der Waals surface area (Å²) >= 11 is 0. The number of aromatic amines is 1. The Balaban J connectivity index is 1.45. The highest BCUT2D eigenvalue weighted by Crippen LogP contribution is 2.50. The number of aromatic nitrogens is 1. The molecule has 3 aromatic carbocycles. The molecular formula is C26H21FN2O2. The number of ether oxygens (including phenoxy) is 2. The van der Waals surface area contributed by atoms with Gasteiger partial charge in [-0.1, -0.05) is 30.3 Å². The number of hydrogen-bond donors (Lipinski definition) is 1. The first-order chi connectivity index (χ1) is 15.3. The molecule has 2 unspecified atom stereocenters. The minimum atomic E-state index is -0.204. The lowest BCUT2D eigenvalue weighted by atomic mass is 9.80. The molecule has 0 fully saturated rings. The molecule has 3 aliphatic heterocycles. The van der Waals surface area contributed by atoms with E-state index < -0.39 is 0 Å². The summed E-state index contributed by atoms with van der Waals surface area (Å²) in [6, 6.07) is 20.1. The number of H-pyrrole nitrogens is 1. The number of hydrogen-bond acceptors (Lipinski definition) is 3. The summed E-state index contributed by atoms with van der Waals surface area (Å²) in [6.45, 7) is 1.23. The van der Waals surface area contributed by atoms with Gasteiger partial charge in [0.2, 0.25) is 6.79 Å². The summed E-state index contributed by atoms with van der Waals surface area (Å²) in [7, 11) is 0. The Morgan fingerprint density at radius 1 is 0.968 bits per heavy atom. The molecule has 2 atom stereocenters. The molecule has 5 heteroatoms. The van der Waals surface area contributed by atoms with E-state index in [2.05, 4.69) is 46.3 Å². The van der Waals surface area contributed by atoms with E-state index in [-0.39, 0.29) is 24.7 Å². The molecule has 0 amide bonds. The fraction of sp³-hybridized carbons (Fsp3) is 0.231. The van der Waals surface area contributed by atoms with E-state index >= 15 is 0 Å². The summed E-state index contributed by atoms with van der Waals surface area (Å²) in [5, 5.41) is 1.28. The van der Waals surface area contributed by atoms with Crippen molar-refractivity contribution in [2.45, 2.75) is 24.9 Å². The standard InChI is InChI=1S/C26H21FN2O2/c27-17-7-5-15(6-8-17)26-25-20(18-3-1-2-4-21(18)28-25)12-22-19-13-24-23(30-14-31-24)11-16(19)9-10-29(22)26/h1-8,11,13,22,26,28H,9-10,12,14H2. The third kappa shape index (κ3) is 2.50. The van der Waals surface area contributed by atoms with Gasteiger partial charge in [0.25, 0.3) is 0 Å². The van der Waals surface area contributed by atoms with Crippen LogP contribution in [0.5, 0.6) is 11.5 Å². The highest BCUT2D eigenvalue weighted by atomic mass is 19.1. The van der Waals surface area contributed by atoms with Crippen molar-refractivity contribution >= 4 is 10.9 Å². The molecule has 4 aromatic rings. The van der Waals surface area contributed by atoms with Gasteiger partial charge in [-0.15, -0.1) is 0 Å². The minimum absolute atomic E-state index is 0.0559.